The molecule has 5 nitrogen and oxygen atoms in total. The van der Waals surface area contributed by atoms with Gasteiger partial charge in [-0.25, -0.2) is 10.8 Å². The van der Waals surface area contributed by atoms with E-state index in [9.17, 15) is 0 Å². The zero-order valence-corrected chi connectivity index (χ0v) is 12.3. The number of rotatable bonds is 3. The first-order chi connectivity index (χ1) is 9.74. The summed E-state index contributed by atoms with van der Waals surface area (Å²) in [7, 11) is 1.68. The van der Waals surface area contributed by atoms with Gasteiger partial charge in [-0.05, 0) is 30.9 Å². The quantitative estimate of drug-likeness (QED) is 0.378. The van der Waals surface area contributed by atoms with Crippen LogP contribution in [0.15, 0.2) is 29.3 Å². The number of hydrogen-bond donors (Lipinski definition) is 2. The fraction of sp³-hybridized carbons (Fsp3) is 0.533. The average Bonchev–Trinajstić information content (AvgIpc) is 2.67. The van der Waals surface area contributed by atoms with Gasteiger partial charge in [-0.1, -0.05) is 24.3 Å². The second-order valence-electron chi connectivity index (χ2n) is 5.20. The van der Waals surface area contributed by atoms with Crippen molar-refractivity contribution in [2.24, 2.45) is 10.8 Å². The maximum Gasteiger partial charge on any atom is 0.209 e. The molecule has 0 radical (unpaired) electrons. The van der Waals surface area contributed by atoms with Gasteiger partial charge in [0.15, 0.2) is 0 Å². The summed E-state index contributed by atoms with van der Waals surface area (Å²) in [5, 5.41) is 0. The minimum Gasteiger partial charge on any atom is -0.382 e. The molecule has 1 unspecified atom stereocenters. The third-order valence-electron chi connectivity index (χ3n) is 3.53. The van der Waals surface area contributed by atoms with Gasteiger partial charge in [-0.3, -0.25) is 5.43 Å². The van der Waals surface area contributed by atoms with Crippen molar-refractivity contribution in [1.82, 2.24) is 10.3 Å². The summed E-state index contributed by atoms with van der Waals surface area (Å²) in [4.78, 5) is 6.81. The van der Waals surface area contributed by atoms with Crippen LogP contribution in [0.2, 0.25) is 0 Å². The topological polar surface area (TPSA) is 62.9 Å². The van der Waals surface area contributed by atoms with Crippen molar-refractivity contribution in [1.29, 1.82) is 0 Å². The van der Waals surface area contributed by atoms with Crippen LogP contribution in [0.5, 0.6) is 0 Å². The van der Waals surface area contributed by atoms with Crippen LogP contribution in [0.3, 0.4) is 0 Å². The molecule has 5 heteroatoms. The Balaban J connectivity index is 2.15. The molecule has 0 amide bonds. The largest absolute Gasteiger partial charge is 0.382 e. The first-order valence-corrected chi connectivity index (χ1v) is 7.09. The van der Waals surface area contributed by atoms with E-state index in [4.69, 9.17) is 10.6 Å². The zero-order valence-electron chi connectivity index (χ0n) is 12.3. The van der Waals surface area contributed by atoms with E-state index in [1.165, 1.54) is 11.1 Å². The Labute approximate surface area is 120 Å². The highest BCUT2D eigenvalue weighted by atomic mass is 16.5. The SMILES string of the molecule is COCC(C)N=C(NN)N1CCCc2ccccc2C1. The molecule has 1 atom stereocenters. The van der Waals surface area contributed by atoms with Gasteiger partial charge in [0.2, 0.25) is 5.96 Å². The number of guanidine groups is 1. The highest BCUT2D eigenvalue weighted by Gasteiger charge is 2.17. The Bertz CT molecular complexity index is 461. The molecule has 0 spiro atoms. The van der Waals surface area contributed by atoms with Crippen molar-refractivity contribution < 1.29 is 4.74 Å². The lowest BCUT2D eigenvalue weighted by Crippen LogP contribution is -2.45. The molecule has 2 rings (SSSR count). The van der Waals surface area contributed by atoms with Crippen molar-refractivity contribution in [3.8, 4) is 0 Å². The average molecular weight is 276 g/mol. The van der Waals surface area contributed by atoms with Crippen molar-refractivity contribution in [2.45, 2.75) is 32.4 Å². The molecule has 1 aromatic carbocycles. The fourth-order valence-electron chi connectivity index (χ4n) is 2.58. The number of benzene rings is 1. The van der Waals surface area contributed by atoms with Crippen LogP contribution >= 0.6 is 0 Å². The summed E-state index contributed by atoms with van der Waals surface area (Å²) in [6.45, 7) is 4.42. The van der Waals surface area contributed by atoms with Crippen LogP contribution in [-0.2, 0) is 17.7 Å². The summed E-state index contributed by atoms with van der Waals surface area (Å²) in [6, 6.07) is 8.66. The van der Waals surface area contributed by atoms with E-state index in [0.717, 1.165) is 31.9 Å². The third-order valence-corrected chi connectivity index (χ3v) is 3.53. The van der Waals surface area contributed by atoms with Crippen molar-refractivity contribution in [3.63, 3.8) is 0 Å². The van der Waals surface area contributed by atoms with Gasteiger partial charge in [-0.15, -0.1) is 0 Å². The zero-order chi connectivity index (χ0) is 14.4. The normalized spacial score (nSPS) is 17.4. The summed E-state index contributed by atoms with van der Waals surface area (Å²) in [5.74, 6) is 6.40. The molecular formula is C15H24N4O. The number of aryl methyl sites for hydroxylation is 1. The fourth-order valence-corrected chi connectivity index (χ4v) is 2.58. The number of fused-ring (bicyclic) bond motifs is 1. The first kappa shape index (κ1) is 14.8. The standard InChI is InChI=1S/C15H24N4O/c1-12(11-20-2)17-15(18-16)19-9-5-8-13-6-3-4-7-14(13)10-19/h3-4,6-7,12H,5,8-11,16H2,1-2H3,(H,17,18). The minimum absolute atomic E-state index is 0.0875. The van der Waals surface area contributed by atoms with Gasteiger partial charge >= 0.3 is 0 Å². The Morgan fingerprint density at radius 2 is 2.20 bits per heavy atom. The van der Waals surface area contributed by atoms with E-state index in [2.05, 4.69) is 39.6 Å². The summed E-state index contributed by atoms with van der Waals surface area (Å²) in [6.07, 6.45) is 2.22. The maximum absolute atomic E-state index is 5.66. The highest BCUT2D eigenvalue weighted by Crippen LogP contribution is 2.18. The molecule has 1 aliphatic heterocycles. The van der Waals surface area contributed by atoms with Crippen LogP contribution in [0.4, 0.5) is 0 Å². The van der Waals surface area contributed by atoms with Crippen molar-refractivity contribution >= 4 is 5.96 Å². The van der Waals surface area contributed by atoms with E-state index in [1.54, 1.807) is 7.11 Å². The molecule has 1 aliphatic rings. The Hall–Kier alpha value is -1.59. The lowest BCUT2D eigenvalue weighted by atomic mass is 10.0. The number of nitrogens with zero attached hydrogens (tertiary/aromatic N) is 2. The molecule has 0 saturated carbocycles. The number of nitrogens with two attached hydrogens (primary N) is 1. The molecule has 20 heavy (non-hydrogen) atoms. The number of hydrogen-bond acceptors (Lipinski definition) is 3. The van der Waals surface area contributed by atoms with Gasteiger partial charge in [0.05, 0.1) is 12.6 Å². The second-order valence-corrected chi connectivity index (χ2v) is 5.20. The van der Waals surface area contributed by atoms with Crippen LogP contribution in [0.1, 0.15) is 24.5 Å². The van der Waals surface area contributed by atoms with Gasteiger partial charge in [0.1, 0.15) is 0 Å². The molecular weight excluding hydrogens is 252 g/mol. The monoisotopic (exact) mass is 276 g/mol. The smallest absolute Gasteiger partial charge is 0.209 e. The molecule has 0 fully saturated rings. The lowest BCUT2D eigenvalue weighted by molar-refractivity contribution is 0.185. The van der Waals surface area contributed by atoms with Crippen LogP contribution in [-0.4, -0.2) is 37.2 Å². The molecule has 0 saturated heterocycles. The Morgan fingerprint density at radius 1 is 1.45 bits per heavy atom. The van der Waals surface area contributed by atoms with E-state index in [1.807, 2.05) is 6.92 Å². The van der Waals surface area contributed by atoms with Gasteiger partial charge < -0.3 is 9.64 Å². The van der Waals surface area contributed by atoms with E-state index < -0.39 is 0 Å². The first-order valence-electron chi connectivity index (χ1n) is 7.09. The number of ether oxygens (including phenoxy) is 1. The van der Waals surface area contributed by atoms with Crippen LogP contribution in [0.25, 0.3) is 0 Å². The second kappa shape index (κ2) is 7.26. The van der Waals surface area contributed by atoms with Crippen molar-refractivity contribution in [2.75, 3.05) is 20.3 Å². The van der Waals surface area contributed by atoms with E-state index in [0.29, 0.717) is 6.61 Å². The van der Waals surface area contributed by atoms with E-state index in [-0.39, 0.29) is 6.04 Å². The van der Waals surface area contributed by atoms with Crippen molar-refractivity contribution in [3.05, 3.63) is 35.4 Å². The maximum atomic E-state index is 5.66. The number of hydrazine groups is 1. The predicted molar refractivity (Wildman–Crippen MR) is 81.3 cm³/mol. The third kappa shape index (κ3) is 3.71. The predicted octanol–water partition coefficient (Wildman–Crippen LogP) is 1.29. The van der Waals surface area contributed by atoms with Gasteiger partial charge in [0.25, 0.3) is 0 Å². The highest BCUT2D eigenvalue weighted by molar-refractivity contribution is 5.79. The molecule has 3 N–H and O–H groups in total. The summed E-state index contributed by atoms with van der Waals surface area (Å²) >= 11 is 0. The Morgan fingerprint density at radius 3 is 2.90 bits per heavy atom. The minimum atomic E-state index is 0.0875. The molecule has 0 aliphatic carbocycles. The number of aliphatic imine (C=N–C) groups is 1. The number of nitrogens with one attached hydrogen (secondary N) is 1. The lowest BCUT2D eigenvalue weighted by Gasteiger charge is -2.25. The summed E-state index contributed by atoms with van der Waals surface area (Å²) < 4.78 is 5.12. The molecule has 1 heterocycles. The molecule has 1 aromatic rings. The summed E-state index contributed by atoms with van der Waals surface area (Å²) in [5.41, 5.74) is 5.52. The molecule has 110 valence electrons. The Kier molecular flexibility index (Phi) is 5.38. The molecule has 0 bridgehead atoms. The van der Waals surface area contributed by atoms with Crippen LogP contribution < -0.4 is 11.3 Å². The molecule has 0 aromatic heterocycles. The van der Waals surface area contributed by atoms with Gasteiger partial charge in [-0.2, -0.15) is 0 Å². The van der Waals surface area contributed by atoms with Gasteiger partial charge in [0, 0.05) is 20.2 Å². The van der Waals surface area contributed by atoms with E-state index >= 15 is 0 Å². The number of methoxy groups -OCH3 is 1. The van der Waals surface area contributed by atoms with Crippen LogP contribution in [0, 0.1) is 0 Å².